The Morgan fingerprint density at radius 1 is 1.39 bits per heavy atom. The van der Waals surface area contributed by atoms with Gasteiger partial charge in [0.05, 0.1) is 6.10 Å². The number of rotatable bonds is 3. The zero-order chi connectivity index (χ0) is 13.5. The van der Waals surface area contributed by atoms with Crippen LogP contribution in [-0.4, -0.2) is 22.4 Å². The van der Waals surface area contributed by atoms with Crippen molar-refractivity contribution in [1.29, 1.82) is 0 Å². The standard InChI is InChI=1S/C15H23NO2/c1-9-5-6-12(17)11(7-9)10(2)16-13-8-14(18)15(13,3)4/h5-7,10,13-14,16-18H,8H2,1-4H3. The van der Waals surface area contributed by atoms with Crippen LogP contribution < -0.4 is 5.32 Å². The Kier molecular flexibility index (Phi) is 3.39. The van der Waals surface area contributed by atoms with Gasteiger partial charge in [0.25, 0.3) is 0 Å². The molecule has 0 bridgehead atoms. The molecule has 0 aliphatic heterocycles. The number of phenols is 1. The van der Waals surface area contributed by atoms with Crippen molar-refractivity contribution < 1.29 is 10.2 Å². The summed E-state index contributed by atoms with van der Waals surface area (Å²) in [7, 11) is 0. The van der Waals surface area contributed by atoms with Crippen LogP contribution in [0, 0.1) is 12.3 Å². The minimum Gasteiger partial charge on any atom is -0.508 e. The van der Waals surface area contributed by atoms with Gasteiger partial charge in [-0.25, -0.2) is 0 Å². The molecule has 1 saturated carbocycles. The van der Waals surface area contributed by atoms with Crippen molar-refractivity contribution in [3.05, 3.63) is 29.3 Å². The lowest BCUT2D eigenvalue weighted by atomic mass is 9.64. The highest BCUT2D eigenvalue weighted by Crippen LogP contribution is 2.42. The van der Waals surface area contributed by atoms with Gasteiger partial charge in [-0.2, -0.15) is 0 Å². The number of benzene rings is 1. The lowest BCUT2D eigenvalue weighted by molar-refractivity contribution is -0.0755. The molecule has 0 aromatic heterocycles. The third-order valence-corrected chi connectivity index (χ3v) is 4.32. The fourth-order valence-electron chi connectivity index (χ4n) is 2.60. The third kappa shape index (κ3) is 2.25. The van der Waals surface area contributed by atoms with Crippen LogP contribution in [0.15, 0.2) is 18.2 Å². The summed E-state index contributed by atoms with van der Waals surface area (Å²) < 4.78 is 0. The fourth-order valence-corrected chi connectivity index (χ4v) is 2.60. The Hall–Kier alpha value is -1.06. The average Bonchev–Trinajstić information content (AvgIpc) is 2.31. The predicted octanol–water partition coefficient (Wildman–Crippen LogP) is 2.51. The number of phenolic OH excluding ortho intramolecular Hbond substituents is 1. The minimum atomic E-state index is -0.228. The Morgan fingerprint density at radius 3 is 2.61 bits per heavy atom. The van der Waals surface area contributed by atoms with E-state index < -0.39 is 0 Å². The number of aliphatic hydroxyl groups excluding tert-OH is 1. The number of nitrogens with one attached hydrogen (secondary N) is 1. The normalized spacial score (nSPS) is 27.6. The van der Waals surface area contributed by atoms with Crippen molar-refractivity contribution in [2.45, 2.75) is 52.3 Å². The monoisotopic (exact) mass is 249 g/mol. The van der Waals surface area contributed by atoms with Crippen molar-refractivity contribution in [2.75, 3.05) is 0 Å². The van der Waals surface area contributed by atoms with E-state index in [9.17, 15) is 10.2 Å². The third-order valence-electron chi connectivity index (χ3n) is 4.32. The van der Waals surface area contributed by atoms with Crippen LogP contribution in [0.3, 0.4) is 0 Å². The molecule has 0 radical (unpaired) electrons. The topological polar surface area (TPSA) is 52.5 Å². The lowest BCUT2D eigenvalue weighted by Gasteiger charge is -2.50. The van der Waals surface area contributed by atoms with E-state index in [2.05, 4.69) is 26.1 Å². The molecular weight excluding hydrogens is 226 g/mol. The maximum atomic E-state index is 9.90. The molecule has 0 heterocycles. The summed E-state index contributed by atoms with van der Waals surface area (Å²) in [6, 6.07) is 6.03. The molecule has 18 heavy (non-hydrogen) atoms. The molecule has 3 N–H and O–H groups in total. The summed E-state index contributed by atoms with van der Waals surface area (Å²) >= 11 is 0. The van der Waals surface area contributed by atoms with Crippen LogP contribution in [0.5, 0.6) is 5.75 Å². The van der Waals surface area contributed by atoms with Gasteiger partial charge in [0, 0.05) is 23.1 Å². The first-order chi connectivity index (χ1) is 8.32. The molecule has 0 spiro atoms. The SMILES string of the molecule is Cc1ccc(O)c(C(C)NC2CC(O)C2(C)C)c1. The smallest absolute Gasteiger partial charge is 0.120 e. The van der Waals surface area contributed by atoms with E-state index in [4.69, 9.17) is 0 Å². The minimum absolute atomic E-state index is 0.0849. The van der Waals surface area contributed by atoms with Crippen LogP contribution >= 0.6 is 0 Å². The summed E-state index contributed by atoms with van der Waals surface area (Å²) in [5.74, 6) is 0.332. The van der Waals surface area contributed by atoms with Crippen LogP contribution in [0.25, 0.3) is 0 Å². The zero-order valence-corrected chi connectivity index (χ0v) is 11.6. The molecule has 3 atom stereocenters. The van der Waals surface area contributed by atoms with Gasteiger partial charge >= 0.3 is 0 Å². The second-order valence-electron chi connectivity index (χ2n) is 6.08. The Labute approximate surface area is 109 Å². The maximum absolute atomic E-state index is 9.90. The second kappa shape index (κ2) is 4.56. The molecule has 1 aliphatic carbocycles. The highest BCUT2D eigenvalue weighted by molar-refractivity contribution is 5.37. The van der Waals surface area contributed by atoms with Gasteiger partial charge in [-0.05, 0) is 26.3 Å². The van der Waals surface area contributed by atoms with Crippen LogP contribution in [0.2, 0.25) is 0 Å². The van der Waals surface area contributed by atoms with E-state index in [0.717, 1.165) is 17.5 Å². The first-order valence-corrected chi connectivity index (χ1v) is 6.56. The predicted molar refractivity (Wildman–Crippen MR) is 72.6 cm³/mol. The van der Waals surface area contributed by atoms with E-state index in [1.165, 1.54) is 0 Å². The van der Waals surface area contributed by atoms with E-state index in [-0.39, 0.29) is 17.6 Å². The summed E-state index contributed by atoms with van der Waals surface area (Å²) in [5.41, 5.74) is 1.98. The van der Waals surface area contributed by atoms with Gasteiger partial charge in [0.2, 0.25) is 0 Å². The summed E-state index contributed by atoms with van der Waals surface area (Å²) in [4.78, 5) is 0. The van der Waals surface area contributed by atoms with E-state index >= 15 is 0 Å². The van der Waals surface area contributed by atoms with Crippen LogP contribution in [-0.2, 0) is 0 Å². The van der Waals surface area contributed by atoms with Crippen molar-refractivity contribution >= 4 is 0 Å². The van der Waals surface area contributed by atoms with Gasteiger partial charge in [-0.3, -0.25) is 0 Å². The average molecular weight is 249 g/mol. The molecule has 3 heteroatoms. The first kappa shape index (κ1) is 13.4. The van der Waals surface area contributed by atoms with E-state index in [1.807, 2.05) is 19.1 Å². The quantitative estimate of drug-likeness (QED) is 0.771. The van der Waals surface area contributed by atoms with E-state index in [1.54, 1.807) is 6.07 Å². The summed E-state index contributed by atoms with van der Waals surface area (Å²) in [6.45, 7) is 8.21. The van der Waals surface area contributed by atoms with Crippen LogP contribution in [0.1, 0.15) is 44.4 Å². The number of hydrogen-bond acceptors (Lipinski definition) is 3. The number of hydrogen-bond donors (Lipinski definition) is 3. The van der Waals surface area contributed by atoms with Gasteiger partial charge in [0.1, 0.15) is 5.75 Å². The van der Waals surface area contributed by atoms with Gasteiger partial charge in [0.15, 0.2) is 0 Å². The molecule has 3 nitrogen and oxygen atoms in total. The molecule has 1 aromatic rings. The van der Waals surface area contributed by atoms with Crippen LogP contribution in [0.4, 0.5) is 0 Å². The van der Waals surface area contributed by atoms with Gasteiger partial charge in [-0.15, -0.1) is 0 Å². The molecule has 1 fully saturated rings. The fraction of sp³-hybridized carbons (Fsp3) is 0.600. The number of aromatic hydroxyl groups is 1. The Bertz CT molecular complexity index is 442. The second-order valence-corrected chi connectivity index (χ2v) is 6.08. The molecule has 3 unspecified atom stereocenters. The van der Waals surface area contributed by atoms with Gasteiger partial charge in [-0.1, -0.05) is 31.5 Å². The molecule has 100 valence electrons. The molecule has 2 rings (SSSR count). The van der Waals surface area contributed by atoms with Crippen molar-refractivity contribution in [3.8, 4) is 5.75 Å². The Balaban J connectivity index is 2.09. The molecule has 1 aromatic carbocycles. The number of aryl methyl sites for hydroxylation is 1. The number of aliphatic hydroxyl groups is 1. The van der Waals surface area contributed by atoms with Gasteiger partial charge < -0.3 is 15.5 Å². The van der Waals surface area contributed by atoms with E-state index in [0.29, 0.717) is 11.8 Å². The zero-order valence-electron chi connectivity index (χ0n) is 11.6. The molecular formula is C15H23NO2. The highest BCUT2D eigenvalue weighted by Gasteiger charge is 2.47. The summed E-state index contributed by atoms with van der Waals surface area (Å²) in [6.07, 6.45) is 0.553. The lowest BCUT2D eigenvalue weighted by Crippen LogP contribution is -2.60. The van der Waals surface area contributed by atoms with Crippen molar-refractivity contribution in [3.63, 3.8) is 0 Å². The Morgan fingerprint density at radius 2 is 2.06 bits per heavy atom. The highest BCUT2D eigenvalue weighted by atomic mass is 16.3. The van der Waals surface area contributed by atoms with Crippen molar-refractivity contribution in [1.82, 2.24) is 5.32 Å². The molecule has 0 saturated heterocycles. The first-order valence-electron chi connectivity index (χ1n) is 6.56. The molecule has 0 amide bonds. The summed E-state index contributed by atoms with van der Waals surface area (Å²) in [5, 5.41) is 23.1. The maximum Gasteiger partial charge on any atom is 0.120 e. The largest absolute Gasteiger partial charge is 0.508 e. The molecule has 1 aliphatic rings. The van der Waals surface area contributed by atoms with Crippen molar-refractivity contribution in [2.24, 2.45) is 5.41 Å².